The summed E-state index contributed by atoms with van der Waals surface area (Å²) < 4.78 is 29.0. The maximum Gasteiger partial charge on any atom is 0.251 e. The van der Waals surface area contributed by atoms with E-state index in [0.717, 1.165) is 6.26 Å². The minimum Gasteiger partial charge on any atom is -0.495 e. The van der Waals surface area contributed by atoms with E-state index in [9.17, 15) is 13.2 Å². The van der Waals surface area contributed by atoms with Crippen molar-refractivity contribution in [3.8, 4) is 5.75 Å². The molecule has 0 spiro atoms. The van der Waals surface area contributed by atoms with Crippen molar-refractivity contribution < 1.29 is 17.9 Å². The predicted molar refractivity (Wildman–Crippen MR) is 77.2 cm³/mol. The number of benzene rings is 1. The Morgan fingerprint density at radius 3 is 2.65 bits per heavy atom. The van der Waals surface area contributed by atoms with Gasteiger partial charge in [-0.3, -0.25) is 4.79 Å². The Kier molecular flexibility index (Phi) is 5.78. The molecule has 1 rings (SSSR count). The van der Waals surface area contributed by atoms with Gasteiger partial charge in [0, 0.05) is 18.7 Å². The van der Waals surface area contributed by atoms with Crippen LogP contribution in [0.3, 0.4) is 0 Å². The fourth-order valence-electron chi connectivity index (χ4n) is 1.50. The smallest absolute Gasteiger partial charge is 0.251 e. The van der Waals surface area contributed by atoms with Gasteiger partial charge in [0.15, 0.2) is 0 Å². The van der Waals surface area contributed by atoms with Crippen LogP contribution in [-0.4, -0.2) is 40.8 Å². The number of carbonyl (C=O) groups excluding carboxylic acids is 1. The second-order valence-corrected chi connectivity index (χ2v) is 6.07. The van der Waals surface area contributed by atoms with Gasteiger partial charge in [0.1, 0.15) is 5.75 Å². The molecule has 0 saturated carbocycles. The topological polar surface area (TPSA) is 111 Å². The van der Waals surface area contributed by atoms with E-state index in [2.05, 4.69) is 10.0 Å². The number of anilines is 1. The lowest BCUT2D eigenvalue weighted by molar-refractivity contribution is 0.0953. The molecule has 0 fully saturated rings. The van der Waals surface area contributed by atoms with Crippen molar-refractivity contribution in [3.05, 3.63) is 23.8 Å². The van der Waals surface area contributed by atoms with E-state index >= 15 is 0 Å². The van der Waals surface area contributed by atoms with Crippen molar-refractivity contribution in [2.24, 2.45) is 0 Å². The van der Waals surface area contributed by atoms with Gasteiger partial charge in [0.05, 0.1) is 19.1 Å². The van der Waals surface area contributed by atoms with Crippen LogP contribution in [0.25, 0.3) is 0 Å². The zero-order valence-corrected chi connectivity index (χ0v) is 12.3. The average Bonchev–Trinajstić information content (AvgIpc) is 2.37. The Morgan fingerprint density at radius 2 is 2.05 bits per heavy atom. The number of ether oxygens (including phenoxy) is 1. The zero-order valence-electron chi connectivity index (χ0n) is 11.5. The molecule has 1 aromatic rings. The highest BCUT2D eigenvalue weighted by molar-refractivity contribution is 7.88. The van der Waals surface area contributed by atoms with Crippen molar-refractivity contribution in [1.82, 2.24) is 10.0 Å². The van der Waals surface area contributed by atoms with Gasteiger partial charge in [0.25, 0.3) is 5.91 Å². The lowest BCUT2D eigenvalue weighted by atomic mass is 10.2. The molecule has 0 bridgehead atoms. The molecule has 7 nitrogen and oxygen atoms in total. The number of hydrogen-bond acceptors (Lipinski definition) is 5. The summed E-state index contributed by atoms with van der Waals surface area (Å²) in [6.45, 7) is 0.651. The third-order valence-corrected chi connectivity index (χ3v) is 3.23. The maximum atomic E-state index is 11.8. The average molecular weight is 301 g/mol. The Hall–Kier alpha value is -1.80. The number of nitrogens with two attached hydrogens (primary N) is 1. The van der Waals surface area contributed by atoms with Crippen molar-refractivity contribution >= 4 is 21.6 Å². The molecule has 0 aliphatic heterocycles. The van der Waals surface area contributed by atoms with E-state index in [-0.39, 0.29) is 12.5 Å². The summed E-state index contributed by atoms with van der Waals surface area (Å²) in [5.74, 6) is 0.180. The lowest BCUT2D eigenvalue weighted by Crippen LogP contribution is -2.29. The molecule has 0 aliphatic rings. The summed E-state index contributed by atoms with van der Waals surface area (Å²) in [7, 11) is -1.71. The molecule has 0 aromatic heterocycles. The molecule has 20 heavy (non-hydrogen) atoms. The number of methoxy groups -OCH3 is 1. The van der Waals surface area contributed by atoms with E-state index in [1.165, 1.54) is 7.11 Å². The standard InChI is InChI=1S/C12H19N3O4S/c1-19-11-8-9(4-5-10(11)13)12(16)14-6-3-7-15-20(2,17)18/h4-5,8,15H,3,6-7,13H2,1-2H3,(H,14,16). The first-order chi connectivity index (χ1) is 9.33. The third kappa shape index (κ3) is 5.45. The first kappa shape index (κ1) is 16.3. The Bertz CT molecular complexity index is 572. The fourth-order valence-corrected chi connectivity index (χ4v) is 2.02. The highest BCUT2D eigenvalue weighted by Crippen LogP contribution is 2.21. The third-order valence-electron chi connectivity index (χ3n) is 2.50. The van der Waals surface area contributed by atoms with Crippen molar-refractivity contribution in [3.63, 3.8) is 0 Å². The largest absolute Gasteiger partial charge is 0.495 e. The Balaban J connectivity index is 2.43. The summed E-state index contributed by atoms with van der Waals surface area (Å²) >= 11 is 0. The van der Waals surface area contributed by atoms with Gasteiger partial charge in [-0.2, -0.15) is 0 Å². The van der Waals surface area contributed by atoms with Crippen LogP contribution in [0.1, 0.15) is 16.8 Å². The molecule has 112 valence electrons. The molecular weight excluding hydrogens is 282 g/mol. The number of carbonyl (C=O) groups is 1. The van der Waals surface area contributed by atoms with E-state index in [1.54, 1.807) is 18.2 Å². The van der Waals surface area contributed by atoms with Gasteiger partial charge in [0.2, 0.25) is 10.0 Å². The van der Waals surface area contributed by atoms with E-state index < -0.39 is 10.0 Å². The van der Waals surface area contributed by atoms with Crippen LogP contribution in [0.4, 0.5) is 5.69 Å². The second-order valence-electron chi connectivity index (χ2n) is 4.23. The van der Waals surface area contributed by atoms with Crippen LogP contribution < -0.4 is 20.5 Å². The monoisotopic (exact) mass is 301 g/mol. The quantitative estimate of drug-likeness (QED) is 0.483. The van der Waals surface area contributed by atoms with Gasteiger partial charge in [-0.05, 0) is 24.6 Å². The molecular formula is C12H19N3O4S. The molecule has 0 unspecified atom stereocenters. The van der Waals surface area contributed by atoms with Crippen molar-refractivity contribution in [2.75, 3.05) is 32.2 Å². The SMILES string of the molecule is COc1cc(C(=O)NCCCNS(C)(=O)=O)ccc1N. The van der Waals surface area contributed by atoms with Gasteiger partial charge in [-0.15, -0.1) is 0 Å². The number of sulfonamides is 1. The molecule has 1 aromatic carbocycles. The molecule has 8 heteroatoms. The number of rotatable bonds is 7. The second kappa shape index (κ2) is 7.11. The van der Waals surface area contributed by atoms with Crippen LogP contribution in [0.2, 0.25) is 0 Å². The summed E-state index contributed by atoms with van der Waals surface area (Å²) in [5, 5.41) is 2.69. The van der Waals surface area contributed by atoms with E-state index in [0.29, 0.717) is 30.0 Å². The van der Waals surface area contributed by atoms with Gasteiger partial charge in [-0.1, -0.05) is 0 Å². The molecule has 1 amide bonds. The minimum absolute atomic E-state index is 0.261. The van der Waals surface area contributed by atoms with Gasteiger partial charge in [-0.25, -0.2) is 13.1 Å². The van der Waals surface area contributed by atoms with E-state index in [1.807, 2.05) is 0 Å². The van der Waals surface area contributed by atoms with Crippen LogP contribution in [-0.2, 0) is 10.0 Å². The van der Waals surface area contributed by atoms with Crippen LogP contribution >= 0.6 is 0 Å². The highest BCUT2D eigenvalue weighted by atomic mass is 32.2. The maximum absolute atomic E-state index is 11.8. The predicted octanol–water partition coefficient (Wildman–Crippen LogP) is -0.0535. The summed E-state index contributed by atoms with van der Waals surface area (Å²) in [6, 6.07) is 4.75. The molecule has 0 aliphatic carbocycles. The van der Waals surface area contributed by atoms with Crippen LogP contribution in [0, 0.1) is 0 Å². The Morgan fingerprint density at radius 1 is 1.35 bits per heavy atom. The number of hydrogen-bond donors (Lipinski definition) is 3. The number of amides is 1. The molecule has 0 saturated heterocycles. The lowest BCUT2D eigenvalue weighted by Gasteiger charge is -2.08. The van der Waals surface area contributed by atoms with Crippen molar-refractivity contribution in [1.29, 1.82) is 0 Å². The fraction of sp³-hybridized carbons (Fsp3) is 0.417. The first-order valence-electron chi connectivity index (χ1n) is 6.00. The molecule has 0 radical (unpaired) electrons. The van der Waals surface area contributed by atoms with Crippen molar-refractivity contribution in [2.45, 2.75) is 6.42 Å². The normalized spacial score (nSPS) is 11.1. The summed E-state index contributed by atoms with van der Waals surface area (Å²) in [4.78, 5) is 11.8. The Labute approximate surface area is 118 Å². The summed E-state index contributed by atoms with van der Waals surface area (Å²) in [6.07, 6.45) is 1.59. The number of nitrogens with one attached hydrogen (secondary N) is 2. The molecule has 0 atom stereocenters. The van der Waals surface area contributed by atoms with Gasteiger partial charge >= 0.3 is 0 Å². The minimum atomic E-state index is -3.18. The zero-order chi connectivity index (χ0) is 15.2. The van der Waals surface area contributed by atoms with Gasteiger partial charge < -0.3 is 15.8 Å². The highest BCUT2D eigenvalue weighted by Gasteiger charge is 2.08. The first-order valence-corrected chi connectivity index (χ1v) is 7.89. The van der Waals surface area contributed by atoms with Crippen LogP contribution in [0.15, 0.2) is 18.2 Å². The molecule has 0 heterocycles. The summed E-state index contributed by atoms with van der Waals surface area (Å²) in [5.41, 5.74) is 6.56. The van der Waals surface area contributed by atoms with E-state index in [4.69, 9.17) is 10.5 Å². The molecule has 4 N–H and O–H groups in total. The van der Waals surface area contributed by atoms with Crippen LogP contribution in [0.5, 0.6) is 5.75 Å². The number of nitrogen functional groups attached to an aromatic ring is 1.